The van der Waals surface area contributed by atoms with Crippen molar-refractivity contribution >= 4 is 22.4 Å². The summed E-state index contributed by atoms with van der Waals surface area (Å²) >= 11 is 1.55. The highest BCUT2D eigenvalue weighted by Crippen LogP contribution is 2.21. The predicted octanol–water partition coefficient (Wildman–Crippen LogP) is 3.01. The smallest absolute Gasteiger partial charge is 0.305 e. The third-order valence-electron chi connectivity index (χ3n) is 3.36. The standard InChI is InChI=1S/C16H21N3O2S/c1-2-14-17-18-16(22-14)19(12-10-15(20)21)11-6-9-13-7-4-3-5-8-13/h3-5,7-8H,2,6,9-12H2,1H3,(H,20,21). The number of rotatable bonds is 9. The lowest BCUT2D eigenvalue weighted by molar-refractivity contribution is -0.136. The second-order valence-corrected chi connectivity index (χ2v) is 6.09. The third-order valence-corrected chi connectivity index (χ3v) is 4.49. The molecule has 0 aliphatic rings. The Morgan fingerprint density at radius 3 is 2.64 bits per heavy atom. The first kappa shape index (κ1) is 16.4. The number of anilines is 1. The van der Waals surface area contributed by atoms with Gasteiger partial charge in [-0.1, -0.05) is 48.6 Å². The first-order valence-electron chi connectivity index (χ1n) is 7.52. The van der Waals surface area contributed by atoms with Crippen LogP contribution in [0.3, 0.4) is 0 Å². The van der Waals surface area contributed by atoms with Gasteiger partial charge in [-0.3, -0.25) is 4.79 Å². The number of carboxylic acid groups (broad SMARTS) is 1. The van der Waals surface area contributed by atoms with E-state index in [9.17, 15) is 4.79 Å². The Kier molecular flexibility index (Phi) is 6.33. The van der Waals surface area contributed by atoms with Crippen molar-refractivity contribution in [1.29, 1.82) is 0 Å². The van der Waals surface area contributed by atoms with Crippen molar-refractivity contribution in [3.8, 4) is 0 Å². The number of hydrogen-bond acceptors (Lipinski definition) is 5. The van der Waals surface area contributed by atoms with Crippen LogP contribution in [0.15, 0.2) is 30.3 Å². The van der Waals surface area contributed by atoms with Crippen molar-refractivity contribution in [2.75, 3.05) is 18.0 Å². The second-order valence-electron chi connectivity index (χ2n) is 5.05. The first-order valence-corrected chi connectivity index (χ1v) is 8.33. The highest BCUT2D eigenvalue weighted by molar-refractivity contribution is 7.15. The van der Waals surface area contributed by atoms with Gasteiger partial charge in [0.25, 0.3) is 0 Å². The Bertz CT molecular complexity index is 586. The molecule has 0 saturated carbocycles. The summed E-state index contributed by atoms with van der Waals surface area (Å²) in [6.45, 7) is 3.31. The van der Waals surface area contributed by atoms with E-state index in [0.29, 0.717) is 6.54 Å². The Morgan fingerprint density at radius 2 is 2.00 bits per heavy atom. The second kappa shape index (κ2) is 8.48. The lowest BCUT2D eigenvalue weighted by atomic mass is 10.1. The Morgan fingerprint density at radius 1 is 1.23 bits per heavy atom. The van der Waals surface area contributed by atoms with Crippen molar-refractivity contribution < 1.29 is 9.90 Å². The van der Waals surface area contributed by atoms with Gasteiger partial charge in [0.2, 0.25) is 5.13 Å². The summed E-state index contributed by atoms with van der Waals surface area (Å²) in [7, 11) is 0. The SMILES string of the molecule is CCc1nnc(N(CCCc2ccccc2)CCC(=O)O)s1. The zero-order valence-corrected chi connectivity index (χ0v) is 13.6. The number of nitrogens with zero attached hydrogens (tertiary/aromatic N) is 3. The molecule has 2 aromatic rings. The lowest BCUT2D eigenvalue weighted by Crippen LogP contribution is -2.27. The van der Waals surface area contributed by atoms with Gasteiger partial charge in [-0.2, -0.15) is 0 Å². The van der Waals surface area contributed by atoms with Crippen molar-refractivity contribution in [3.05, 3.63) is 40.9 Å². The summed E-state index contributed by atoms with van der Waals surface area (Å²) in [4.78, 5) is 12.9. The predicted molar refractivity (Wildman–Crippen MR) is 88.5 cm³/mol. The minimum atomic E-state index is -0.784. The van der Waals surface area contributed by atoms with E-state index in [0.717, 1.165) is 35.9 Å². The molecule has 0 radical (unpaired) electrons. The van der Waals surface area contributed by atoms with Crippen LogP contribution in [0.2, 0.25) is 0 Å². The van der Waals surface area contributed by atoms with E-state index in [4.69, 9.17) is 5.11 Å². The van der Waals surface area contributed by atoms with Crippen LogP contribution in [0.5, 0.6) is 0 Å². The highest BCUT2D eigenvalue weighted by Gasteiger charge is 2.13. The van der Waals surface area contributed by atoms with Gasteiger partial charge in [0.1, 0.15) is 5.01 Å². The van der Waals surface area contributed by atoms with E-state index >= 15 is 0 Å². The summed E-state index contributed by atoms with van der Waals surface area (Å²) in [5.74, 6) is -0.784. The molecule has 1 aromatic heterocycles. The lowest BCUT2D eigenvalue weighted by Gasteiger charge is -2.20. The number of benzene rings is 1. The van der Waals surface area contributed by atoms with Gasteiger partial charge in [-0.25, -0.2) is 0 Å². The molecule has 0 unspecified atom stereocenters. The van der Waals surface area contributed by atoms with Gasteiger partial charge in [-0.05, 0) is 24.8 Å². The minimum absolute atomic E-state index is 0.117. The van der Waals surface area contributed by atoms with Crippen molar-refractivity contribution in [1.82, 2.24) is 10.2 Å². The van der Waals surface area contributed by atoms with Crippen LogP contribution in [0.1, 0.15) is 30.3 Å². The average Bonchev–Trinajstić information content (AvgIpc) is 3.00. The van der Waals surface area contributed by atoms with Crippen molar-refractivity contribution in [3.63, 3.8) is 0 Å². The van der Waals surface area contributed by atoms with Crippen LogP contribution >= 0.6 is 11.3 Å². The maximum atomic E-state index is 10.8. The molecule has 0 aliphatic heterocycles. The molecule has 0 spiro atoms. The fourth-order valence-electron chi connectivity index (χ4n) is 2.17. The Hall–Kier alpha value is -1.95. The summed E-state index contributed by atoms with van der Waals surface area (Å²) in [6, 6.07) is 10.3. The quantitative estimate of drug-likeness (QED) is 0.769. The molecule has 6 heteroatoms. The molecule has 1 N–H and O–H groups in total. The van der Waals surface area contributed by atoms with E-state index in [1.807, 2.05) is 30.0 Å². The molecule has 0 fully saturated rings. The maximum Gasteiger partial charge on any atom is 0.305 e. The monoisotopic (exact) mass is 319 g/mol. The molecule has 0 atom stereocenters. The molecule has 0 bridgehead atoms. The van der Waals surface area contributed by atoms with Crippen molar-refractivity contribution in [2.24, 2.45) is 0 Å². The van der Waals surface area contributed by atoms with Gasteiger partial charge in [0.15, 0.2) is 0 Å². The topological polar surface area (TPSA) is 66.3 Å². The van der Waals surface area contributed by atoms with E-state index < -0.39 is 5.97 Å². The van der Waals surface area contributed by atoms with Gasteiger partial charge >= 0.3 is 5.97 Å². The minimum Gasteiger partial charge on any atom is -0.481 e. The van der Waals surface area contributed by atoms with Gasteiger partial charge < -0.3 is 10.0 Å². The summed E-state index contributed by atoms with van der Waals surface area (Å²) in [5, 5.41) is 19.0. The molecule has 0 saturated heterocycles. The van der Waals surface area contributed by atoms with Gasteiger partial charge in [0, 0.05) is 13.1 Å². The molecular formula is C16H21N3O2S. The largest absolute Gasteiger partial charge is 0.481 e. The first-order chi connectivity index (χ1) is 10.7. The summed E-state index contributed by atoms with van der Waals surface area (Å²) in [5.41, 5.74) is 1.30. The molecule has 118 valence electrons. The van der Waals surface area contributed by atoms with Crippen LogP contribution in [0.4, 0.5) is 5.13 Å². The number of aryl methyl sites for hydroxylation is 2. The average molecular weight is 319 g/mol. The Balaban J connectivity index is 1.93. The van der Waals surface area contributed by atoms with Crippen LogP contribution in [-0.2, 0) is 17.6 Å². The fraction of sp³-hybridized carbons (Fsp3) is 0.438. The molecule has 0 aliphatic carbocycles. The summed E-state index contributed by atoms with van der Waals surface area (Å²) in [6.07, 6.45) is 2.91. The zero-order chi connectivity index (χ0) is 15.8. The molecule has 0 amide bonds. The van der Waals surface area contributed by atoms with Crippen LogP contribution in [0, 0.1) is 0 Å². The third kappa shape index (κ3) is 5.11. The number of hydrogen-bond donors (Lipinski definition) is 1. The highest BCUT2D eigenvalue weighted by atomic mass is 32.1. The molecule has 2 rings (SSSR count). The summed E-state index contributed by atoms with van der Waals surface area (Å²) < 4.78 is 0. The molecule has 22 heavy (non-hydrogen) atoms. The normalized spacial score (nSPS) is 10.6. The molecule has 1 aromatic carbocycles. The van der Waals surface area contributed by atoms with Gasteiger partial charge in [0.05, 0.1) is 6.42 Å². The van der Waals surface area contributed by atoms with Crippen LogP contribution < -0.4 is 4.90 Å². The number of aromatic nitrogens is 2. The van der Waals surface area contributed by atoms with Crippen LogP contribution in [0.25, 0.3) is 0 Å². The van der Waals surface area contributed by atoms with Crippen LogP contribution in [-0.4, -0.2) is 34.4 Å². The number of aliphatic carboxylic acids is 1. The zero-order valence-electron chi connectivity index (χ0n) is 12.7. The number of carboxylic acids is 1. The Labute approximate surface area is 134 Å². The van der Waals surface area contributed by atoms with E-state index in [1.54, 1.807) is 11.3 Å². The van der Waals surface area contributed by atoms with E-state index in [2.05, 4.69) is 22.3 Å². The van der Waals surface area contributed by atoms with E-state index in [-0.39, 0.29) is 6.42 Å². The molecule has 1 heterocycles. The fourth-order valence-corrected chi connectivity index (χ4v) is 3.00. The maximum absolute atomic E-state index is 10.8. The number of carbonyl (C=O) groups is 1. The molecule has 5 nitrogen and oxygen atoms in total. The van der Waals surface area contributed by atoms with E-state index in [1.165, 1.54) is 5.56 Å². The molecular weight excluding hydrogens is 298 g/mol. The van der Waals surface area contributed by atoms with Crippen molar-refractivity contribution in [2.45, 2.75) is 32.6 Å². The van der Waals surface area contributed by atoms with Gasteiger partial charge in [-0.15, -0.1) is 10.2 Å².